The van der Waals surface area contributed by atoms with E-state index in [4.69, 9.17) is 10.4 Å². The van der Waals surface area contributed by atoms with E-state index in [1.54, 1.807) is 12.1 Å². The van der Waals surface area contributed by atoms with E-state index in [0.29, 0.717) is 24.3 Å². The van der Waals surface area contributed by atoms with Crippen LogP contribution in [0.5, 0.6) is 0 Å². The molecule has 5 heteroatoms. The molecule has 2 aromatic carbocycles. The van der Waals surface area contributed by atoms with Crippen LogP contribution in [-0.4, -0.2) is 27.1 Å². The monoisotopic (exact) mass is 400 g/mol. The highest BCUT2D eigenvalue weighted by atomic mass is 16.2. The number of rotatable bonds is 3. The van der Waals surface area contributed by atoms with Gasteiger partial charge in [0.15, 0.2) is 0 Å². The fourth-order valence-electron chi connectivity index (χ4n) is 3.81. The second kappa shape index (κ2) is 8.96. The molecule has 0 bridgehead atoms. The fraction of sp³-hybridized carbons (Fsp3) is 0.320. The zero-order valence-corrected chi connectivity index (χ0v) is 18.3. The number of hydrogen-bond donors (Lipinski definition) is 0. The van der Waals surface area contributed by atoms with Crippen LogP contribution in [0.25, 0.3) is 11.3 Å². The van der Waals surface area contributed by atoms with Gasteiger partial charge in [-0.1, -0.05) is 49.7 Å². The number of aromatic nitrogens is 2. The Bertz CT molecular complexity index is 1090. The maximum absolute atomic E-state index is 13.1. The van der Waals surface area contributed by atoms with Crippen molar-refractivity contribution in [2.45, 2.75) is 47.2 Å². The smallest absolute Gasteiger partial charge is 0.272 e. The summed E-state index contributed by atoms with van der Waals surface area (Å²) < 4.78 is 1.85. The summed E-state index contributed by atoms with van der Waals surface area (Å²) in [6.45, 7) is 11.4. The molecule has 0 fully saturated rings. The summed E-state index contributed by atoms with van der Waals surface area (Å²) in [6, 6.07) is 17.8. The molecule has 5 nitrogen and oxygen atoms in total. The molecule has 154 valence electrons. The molecule has 1 aromatic heterocycles. The predicted octanol–water partition coefficient (Wildman–Crippen LogP) is 5.28. The number of carbonyl (C=O) groups excluding carboxylic acids is 1. The molecule has 30 heavy (non-hydrogen) atoms. The van der Waals surface area contributed by atoms with Crippen molar-refractivity contribution in [2.24, 2.45) is 0 Å². The van der Waals surface area contributed by atoms with Gasteiger partial charge in [-0.15, -0.1) is 0 Å². The van der Waals surface area contributed by atoms with Gasteiger partial charge in [-0.25, -0.2) is 0 Å². The highest BCUT2D eigenvalue weighted by molar-refractivity contribution is 5.94. The molecule has 3 aromatic rings. The average molecular weight is 401 g/mol. The lowest BCUT2D eigenvalue weighted by Crippen LogP contribution is -2.41. The summed E-state index contributed by atoms with van der Waals surface area (Å²) in [5.74, 6) is -0.00836. The number of amides is 1. The summed E-state index contributed by atoms with van der Waals surface area (Å²) in [5, 5.41) is 13.7. The standard InChI is InChI=1S/C23H22N4O.C2H6/c1-15-4-9-20(16(2)10-15)21-11-22-23(28)26(13-17(3)27(22)25-21)14-19-7-5-18(12-24)6-8-19;1-2/h4-11,17H,13-14H2,1-3H3;1-2H3. The molecule has 1 unspecified atom stereocenters. The van der Waals surface area contributed by atoms with Crippen molar-refractivity contribution in [3.8, 4) is 17.3 Å². The van der Waals surface area contributed by atoms with Crippen LogP contribution < -0.4 is 0 Å². The maximum atomic E-state index is 13.1. The SMILES string of the molecule is CC.Cc1ccc(-c2cc3n(n2)C(C)CN(Cc2ccc(C#N)cc2)C3=O)c(C)c1. The minimum atomic E-state index is -0.00836. The van der Waals surface area contributed by atoms with E-state index in [1.165, 1.54) is 5.56 Å². The van der Waals surface area contributed by atoms with Crippen LogP contribution in [-0.2, 0) is 6.54 Å². The first-order valence-electron chi connectivity index (χ1n) is 10.4. The zero-order valence-electron chi connectivity index (χ0n) is 18.3. The Balaban J connectivity index is 0.00000124. The van der Waals surface area contributed by atoms with E-state index in [-0.39, 0.29) is 11.9 Å². The molecule has 0 N–H and O–H groups in total. The molecule has 1 atom stereocenters. The van der Waals surface area contributed by atoms with Crippen molar-refractivity contribution in [1.82, 2.24) is 14.7 Å². The summed E-state index contributed by atoms with van der Waals surface area (Å²) in [6.07, 6.45) is 0. The maximum Gasteiger partial charge on any atom is 0.272 e. The molecule has 0 saturated heterocycles. The van der Waals surface area contributed by atoms with Gasteiger partial charge in [0.2, 0.25) is 0 Å². The molecule has 1 aliphatic rings. The van der Waals surface area contributed by atoms with Gasteiger partial charge in [-0.2, -0.15) is 10.4 Å². The van der Waals surface area contributed by atoms with E-state index in [0.717, 1.165) is 22.4 Å². The number of hydrogen-bond acceptors (Lipinski definition) is 3. The van der Waals surface area contributed by atoms with Crippen LogP contribution in [0.3, 0.4) is 0 Å². The molecular formula is C25H28N4O. The van der Waals surface area contributed by atoms with Gasteiger partial charge in [0.05, 0.1) is 23.4 Å². The Hall–Kier alpha value is -3.39. The van der Waals surface area contributed by atoms with Crippen LogP contribution in [0.15, 0.2) is 48.5 Å². The van der Waals surface area contributed by atoms with Crippen LogP contribution in [0, 0.1) is 25.2 Å². The van der Waals surface area contributed by atoms with Crippen LogP contribution in [0.4, 0.5) is 0 Å². The summed E-state index contributed by atoms with van der Waals surface area (Å²) in [4.78, 5) is 14.9. The van der Waals surface area contributed by atoms with E-state index in [1.807, 2.05) is 41.6 Å². The lowest BCUT2D eigenvalue weighted by molar-refractivity contribution is 0.0651. The summed E-state index contributed by atoms with van der Waals surface area (Å²) >= 11 is 0. The predicted molar refractivity (Wildman–Crippen MR) is 119 cm³/mol. The third-order valence-electron chi connectivity index (χ3n) is 5.26. The van der Waals surface area contributed by atoms with E-state index in [9.17, 15) is 4.79 Å². The van der Waals surface area contributed by atoms with Gasteiger partial charge in [0.25, 0.3) is 5.91 Å². The van der Waals surface area contributed by atoms with Crippen molar-refractivity contribution < 1.29 is 4.79 Å². The first kappa shape index (κ1) is 21.3. The second-order valence-electron chi connectivity index (χ2n) is 7.52. The Morgan fingerprint density at radius 2 is 1.80 bits per heavy atom. The molecule has 0 radical (unpaired) electrons. The highest BCUT2D eigenvalue weighted by Crippen LogP contribution is 2.29. The normalized spacial score (nSPS) is 15.1. The van der Waals surface area contributed by atoms with Crippen molar-refractivity contribution in [3.63, 3.8) is 0 Å². The van der Waals surface area contributed by atoms with E-state index in [2.05, 4.69) is 45.0 Å². The second-order valence-corrected chi connectivity index (χ2v) is 7.52. The molecule has 0 saturated carbocycles. The Morgan fingerprint density at radius 1 is 1.10 bits per heavy atom. The highest BCUT2D eigenvalue weighted by Gasteiger charge is 2.31. The molecule has 0 aliphatic carbocycles. The van der Waals surface area contributed by atoms with Crippen molar-refractivity contribution in [3.05, 3.63) is 76.5 Å². The fourth-order valence-corrected chi connectivity index (χ4v) is 3.81. The number of nitriles is 1. The van der Waals surface area contributed by atoms with Gasteiger partial charge in [0.1, 0.15) is 5.69 Å². The Morgan fingerprint density at radius 3 is 2.43 bits per heavy atom. The zero-order chi connectivity index (χ0) is 21.8. The summed E-state index contributed by atoms with van der Waals surface area (Å²) in [7, 11) is 0. The molecule has 4 rings (SSSR count). The molecule has 2 heterocycles. The van der Waals surface area contributed by atoms with Crippen LogP contribution >= 0.6 is 0 Å². The van der Waals surface area contributed by atoms with Crippen molar-refractivity contribution in [1.29, 1.82) is 5.26 Å². The van der Waals surface area contributed by atoms with Gasteiger partial charge in [-0.3, -0.25) is 9.48 Å². The van der Waals surface area contributed by atoms with Crippen molar-refractivity contribution in [2.75, 3.05) is 6.54 Å². The molecular weight excluding hydrogens is 372 g/mol. The quantitative estimate of drug-likeness (QED) is 0.601. The number of nitrogens with zero attached hydrogens (tertiary/aromatic N) is 4. The topological polar surface area (TPSA) is 61.9 Å². The number of aryl methyl sites for hydroxylation is 2. The summed E-state index contributed by atoms with van der Waals surface area (Å²) in [5.41, 5.74) is 6.54. The average Bonchev–Trinajstić information content (AvgIpc) is 3.20. The molecule has 1 amide bonds. The number of carbonyl (C=O) groups is 1. The van der Waals surface area contributed by atoms with Crippen LogP contribution in [0.1, 0.15) is 59.6 Å². The van der Waals surface area contributed by atoms with Crippen LogP contribution in [0.2, 0.25) is 0 Å². The minimum Gasteiger partial charge on any atom is -0.331 e. The first-order valence-corrected chi connectivity index (χ1v) is 10.4. The number of fused-ring (bicyclic) bond motifs is 1. The third-order valence-corrected chi connectivity index (χ3v) is 5.26. The van der Waals surface area contributed by atoms with Gasteiger partial charge in [0, 0.05) is 18.7 Å². The molecule has 1 aliphatic heterocycles. The van der Waals surface area contributed by atoms with Gasteiger partial charge < -0.3 is 4.90 Å². The molecule has 0 spiro atoms. The number of benzene rings is 2. The lowest BCUT2D eigenvalue weighted by Gasteiger charge is -2.31. The van der Waals surface area contributed by atoms with E-state index < -0.39 is 0 Å². The lowest BCUT2D eigenvalue weighted by atomic mass is 10.0. The minimum absolute atomic E-state index is 0.00836. The van der Waals surface area contributed by atoms with E-state index >= 15 is 0 Å². The Labute approximate surface area is 178 Å². The largest absolute Gasteiger partial charge is 0.331 e. The van der Waals surface area contributed by atoms with Gasteiger partial charge >= 0.3 is 0 Å². The Kier molecular flexibility index (Phi) is 6.37. The van der Waals surface area contributed by atoms with Crippen molar-refractivity contribution >= 4 is 5.91 Å². The first-order chi connectivity index (χ1) is 14.5. The van der Waals surface area contributed by atoms with Gasteiger partial charge in [-0.05, 0) is 50.1 Å². The third kappa shape index (κ3) is 4.13.